The minimum Gasteiger partial charge on any atom is -0.374 e. The van der Waals surface area contributed by atoms with Crippen molar-refractivity contribution in [3.05, 3.63) is 144 Å². The number of hydrogen-bond donors (Lipinski definition) is 0. The lowest BCUT2D eigenvalue weighted by atomic mass is 9.92. The first-order valence-electron chi connectivity index (χ1n) is 15.5. The van der Waals surface area contributed by atoms with E-state index in [1.165, 1.54) is 0 Å². The largest absolute Gasteiger partial charge is 0.374 e. The van der Waals surface area contributed by atoms with Crippen molar-refractivity contribution in [3.63, 3.8) is 0 Å². The lowest BCUT2D eigenvalue weighted by molar-refractivity contribution is -0.274. The summed E-state index contributed by atoms with van der Waals surface area (Å²) in [5.41, 5.74) is 4.05. The van der Waals surface area contributed by atoms with E-state index in [0.717, 1.165) is 28.5 Å². The van der Waals surface area contributed by atoms with Gasteiger partial charge in [0.25, 0.3) is 10.1 Å². The summed E-state index contributed by atoms with van der Waals surface area (Å²) in [6.45, 7) is 1.54. The van der Waals surface area contributed by atoms with Crippen LogP contribution in [0.25, 0.3) is 0 Å². The molecule has 46 heavy (non-hydrogen) atoms. The van der Waals surface area contributed by atoms with E-state index in [4.69, 9.17) is 27.9 Å². The SMILES string of the molecule is CS(=O)(=O)OCC[C@@H]1O[C@H](COCc2ccccc2)[C@@H](OCc2ccccc2)[C@H](OCc2ccccc2)[C@H]1OCc1ccccc1. The van der Waals surface area contributed by atoms with Crippen LogP contribution in [-0.4, -0.2) is 58.4 Å². The molecule has 8 nitrogen and oxygen atoms in total. The Labute approximate surface area is 272 Å². The Kier molecular flexibility index (Phi) is 12.9. The monoisotopic (exact) mass is 646 g/mol. The van der Waals surface area contributed by atoms with Crippen LogP contribution in [0.15, 0.2) is 121 Å². The molecular weight excluding hydrogens is 604 g/mol. The van der Waals surface area contributed by atoms with Gasteiger partial charge in [0, 0.05) is 6.42 Å². The molecule has 1 saturated heterocycles. The van der Waals surface area contributed by atoms with E-state index in [2.05, 4.69) is 0 Å². The third-order valence-electron chi connectivity index (χ3n) is 7.68. The zero-order valence-corrected chi connectivity index (χ0v) is 26.9. The van der Waals surface area contributed by atoms with Crippen LogP contribution >= 0.6 is 0 Å². The summed E-state index contributed by atoms with van der Waals surface area (Å²) in [6, 6.07) is 39.7. The molecule has 0 aliphatic carbocycles. The molecule has 0 amide bonds. The molecule has 0 radical (unpaired) electrons. The van der Waals surface area contributed by atoms with Gasteiger partial charge >= 0.3 is 0 Å². The van der Waals surface area contributed by atoms with E-state index < -0.39 is 40.6 Å². The van der Waals surface area contributed by atoms with Gasteiger partial charge in [0.2, 0.25) is 0 Å². The maximum Gasteiger partial charge on any atom is 0.264 e. The number of ether oxygens (including phenoxy) is 5. The van der Waals surface area contributed by atoms with Crippen LogP contribution in [0.2, 0.25) is 0 Å². The minimum absolute atomic E-state index is 0.0623. The van der Waals surface area contributed by atoms with E-state index in [-0.39, 0.29) is 19.6 Å². The molecule has 0 bridgehead atoms. The molecule has 244 valence electrons. The van der Waals surface area contributed by atoms with Crippen LogP contribution in [-0.2, 0) is 64.4 Å². The van der Waals surface area contributed by atoms with Crippen LogP contribution in [0.3, 0.4) is 0 Å². The summed E-state index contributed by atoms with van der Waals surface area (Å²) in [5.74, 6) is 0. The Hall–Kier alpha value is -3.41. The molecule has 4 aromatic rings. The Morgan fingerprint density at radius 1 is 0.543 bits per heavy atom. The lowest BCUT2D eigenvalue weighted by Crippen LogP contribution is -2.61. The summed E-state index contributed by atoms with van der Waals surface area (Å²) in [6.07, 6.45) is -1.53. The smallest absolute Gasteiger partial charge is 0.264 e. The van der Waals surface area contributed by atoms with Crippen LogP contribution in [0.1, 0.15) is 28.7 Å². The molecule has 0 aromatic heterocycles. The second-order valence-electron chi connectivity index (χ2n) is 11.3. The van der Waals surface area contributed by atoms with Gasteiger partial charge in [-0.15, -0.1) is 0 Å². The Morgan fingerprint density at radius 3 is 1.37 bits per heavy atom. The fourth-order valence-electron chi connectivity index (χ4n) is 5.43. The molecule has 1 heterocycles. The topological polar surface area (TPSA) is 89.5 Å². The van der Waals surface area contributed by atoms with E-state index >= 15 is 0 Å². The number of rotatable bonds is 17. The van der Waals surface area contributed by atoms with Gasteiger partial charge in [0.15, 0.2) is 0 Å². The third kappa shape index (κ3) is 10.8. The molecule has 4 aromatic carbocycles. The predicted octanol–water partition coefficient (Wildman–Crippen LogP) is 6.09. The minimum atomic E-state index is -3.64. The summed E-state index contributed by atoms with van der Waals surface area (Å²) in [4.78, 5) is 0. The van der Waals surface area contributed by atoms with Gasteiger partial charge in [-0.3, -0.25) is 4.18 Å². The van der Waals surface area contributed by atoms with Crippen molar-refractivity contribution in [3.8, 4) is 0 Å². The molecule has 0 spiro atoms. The van der Waals surface area contributed by atoms with Gasteiger partial charge in [-0.25, -0.2) is 0 Å². The molecule has 1 fully saturated rings. The highest BCUT2D eigenvalue weighted by molar-refractivity contribution is 7.85. The van der Waals surface area contributed by atoms with E-state index in [1.54, 1.807) is 0 Å². The molecule has 0 unspecified atom stereocenters. The molecule has 0 saturated carbocycles. The van der Waals surface area contributed by atoms with Gasteiger partial charge in [-0.1, -0.05) is 121 Å². The second kappa shape index (κ2) is 17.5. The van der Waals surface area contributed by atoms with Gasteiger partial charge in [-0.2, -0.15) is 8.42 Å². The standard InChI is InChI=1S/C37H42O8S/c1-46(38,39)44-23-22-33-35(41-25-30-16-8-3-9-17-30)37(43-27-32-20-12-5-13-21-32)36(42-26-31-18-10-4-11-19-31)34(45-33)28-40-24-29-14-6-2-7-15-29/h2-21,33-37H,22-28H2,1H3/t33-,34+,35-,36+,37+/m0/s1. The van der Waals surface area contributed by atoms with Crippen molar-refractivity contribution < 1.29 is 36.3 Å². The van der Waals surface area contributed by atoms with Gasteiger partial charge in [0.05, 0.1) is 52.0 Å². The van der Waals surface area contributed by atoms with Crippen molar-refractivity contribution in [2.75, 3.05) is 19.5 Å². The van der Waals surface area contributed by atoms with Crippen molar-refractivity contribution >= 4 is 10.1 Å². The molecule has 5 rings (SSSR count). The Balaban J connectivity index is 1.43. The number of hydrogen-bond acceptors (Lipinski definition) is 8. The highest BCUT2D eigenvalue weighted by atomic mass is 32.2. The van der Waals surface area contributed by atoms with Crippen LogP contribution in [0.4, 0.5) is 0 Å². The molecule has 5 atom stereocenters. The van der Waals surface area contributed by atoms with Gasteiger partial charge < -0.3 is 23.7 Å². The predicted molar refractivity (Wildman–Crippen MR) is 175 cm³/mol. The maximum absolute atomic E-state index is 11.8. The van der Waals surface area contributed by atoms with Crippen molar-refractivity contribution in [2.45, 2.75) is 63.4 Å². The van der Waals surface area contributed by atoms with E-state index in [9.17, 15) is 8.42 Å². The summed E-state index contributed by atoms with van der Waals surface area (Å²) in [5, 5.41) is 0. The first kappa shape index (κ1) is 33.9. The van der Waals surface area contributed by atoms with Crippen LogP contribution < -0.4 is 0 Å². The Morgan fingerprint density at radius 2 is 0.935 bits per heavy atom. The zero-order chi connectivity index (χ0) is 32.0. The molecule has 1 aliphatic heterocycles. The molecule has 9 heteroatoms. The fourth-order valence-corrected chi connectivity index (χ4v) is 5.83. The fraction of sp³-hybridized carbons (Fsp3) is 0.351. The van der Waals surface area contributed by atoms with Gasteiger partial charge in [-0.05, 0) is 22.3 Å². The zero-order valence-electron chi connectivity index (χ0n) is 26.1. The maximum atomic E-state index is 11.8. The summed E-state index contributed by atoms with van der Waals surface area (Å²) >= 11 is 0. The summed E-state index contributed by atoms with van der Waals surface area (Å²) in [7, 11) is -3.64. The van der Waals surface area contributed by atoms with Crippen LogP contribution in [0.5, 0.6) is 0 Å². The average molecular weight is 647 g/mol. The van der Waals surface area contributed by atoms with E-state index in [1.807, 2.05) is 121 Å². The quantitative estimate of drug-likeness (QED) is 0.127. The number of benzene rings is 4. The highest BCUT2D eigenvalue weighted by Gasteiger charge is 2.48. The van der Waals surface area contributed by atoms with E-state index in [0.29, 0.717) is 26.4 Å². The van der Waals surface area contributed by atoms with Crippen molar-refractivity contribution in [1.82, 2.24) is 0 Å². The average Bonchev–Trinajstić information content (AvgIpc) is 3.07. The second-order valence-corrected chi connectivity index (χ2v) is 13.0. The summed E-state index contributed by atoms with van der Waals surface area (Å²) < 4.78 is 61.7. The lowest BCUT2D eigenvalue weighted by Gasteiger charge is -2.46. The highest BCUT2D eigenvalue weighted by Crippen LogP contribution is 2.32. The van der Waals surface area contributed by atoms with Gasteiger partial charge in [0.1, 0.15) is 24.4 Å². The Bertz CT molecular complexity index is 1520. The molecular formula is C37H42O8S. The normalized spacial score (nSPS) is 21.6. The third-order valence-corrected chi connectivity index (χ3v) is 8.27. The van der Waals surface area contributed by atoms with Crippen LogP contribution in [0, 0.1) is 0 Å². The first-order chi connectivity index (χ1) is 22.4. The van der Waals surface area contributed by atoms with Crippen molar-refractivity contribution in [1.29, 1.82) is 0 Å². The molecule has 1 aliphatic rings. The van der Waals surface area contributed by atoms with Crippen molar-refractivity contribution in [2.24, 2.45) is 0 Å². The first-order valence-corrected chi connectivity index (χ1v) is 17.3. The molecule has 0 N–H and O–H groups in total.